The number of anilines is 1. The van der Waals surface area contributed by atoms with Gasteiger partial charge in [-0.05, 0) is 38.5 Å². The van der Waals surface area contributed by atoms with Crippen LogP contribution >= 0.6 is 0 Å². The molecule has 1 aromatic rings. The molecule has 1 aromatic carbocycles. The standard InChI is InChI=1S/C11H14FNO2/c1-7(2)15-11(14)13-10-6-8(3)4-5-9(10)12/h4-7H,1-3H3,(H,13,14). The van der Waals surface area contributed by atoms with Gasteiger partial charge in [-0.3, -0.25) is 5.32 Å². The lowest BCUT2D eigenvalue weighted by molar-refractivity contribution is 0.130. The molecular formula is C11H14FNO2. The number of ether oxygens (including phenoxy) is 1. The first kappa shape index (κ1) is 11.5. The first-order valence-electron chi connectivity index (χ1n) is 4.73. The fourth-order valence-electron chi connectivity index (χ4n) is 1.09. The molecule has 0 fully saturated rings. The van der Waals surface area contributed by atoms with Crippen molar-refractivity contribution in [2.24, 2.45) is 0 Å². The average molecular weight is 211 g/mol. The van der Waals surface area contributed by atoms with E-state index in [9.17, 15) is 9.18 Å². The van der Waals surface area contributed by atoms with Crippen molar-refractivity contribution in [1.29, 1.82) is 0 Å². The lowest BCUT2D eigenvalue weighted by atomic mass is 10.2. The van der Waals surface area contributed by atoms with E-state index in [-0.39, 0.29) is 11.8 Å². The van der Waals surface area contributed by atoms with Crippen molar-refractivity contribution in [3.8, 4) is 0 Å². The van der Waals surface area contributed by atoms with Crippen LogP contribution in [0.15, 0.2) is 18.2 Å². The van der Waals surface area contributed by atoms with Crippen molar-refractivity contribution in [3.05, 3.63) is 29.6 Å². The Balaban J connectivity index is 2.71. The molecule has 0 aliphatic heterocycles. The molecule has 0 aliphatic carbocycles. The van der Waals surface area contributed by atoms with Gasteiger partial charge in [0.05, 0.1) is 11.8 Å². The van der Waals surface area contributed by atoms with Crippen LogP contribution in [0.1, 0.15) is 19.4 Å². The maximum atomic E-state index is 13.2. The molecule has 0 saturated carbocycles. The SMILES string of the molecule is Cc1ccc(F)c(NC(=O)OC(C)C)c1. The Morgan fingerprint density at radius 2 is 2.13 bits per heavy atom. The lowest BCUT2D eigenvalue weighted by Crippen LogP contribution is -2.18. The van der Waals surface area contributed by atoms with Crippen LogP contribution in [0.5, 0.6) is 0 Å². The van der Waals surface area contributed by atoms with Gasteiger partial charge in [0.25, 0.3) is 0 Å². The van der Waals surface area contributed by atoms with E-state index in [0.29, 0.717) is 0 Å². The molecule has 0 heterocycles. The van der Waals surface area contributed by atoms with E-state index in [2.05, 4.69) is 5.32 Å². The summed E-state index contributed by atoms with van der Waals surface area (Å²) in [7, 11) is 0. The van der Waals surface area contributed by atoms with E-state index < -0.39 is 11.9 Å². The zero-order valence-electron chi connectivity index (χ0n) is 9.00. The topological polar surface area (TPSA) is 38.3 Å². The summed E-state index contributed by atoms with van der Waals surface area (Å²) in [5, 5.41) is 2.35. The predicted molar refractivity (Wildman–Crippen MR) is 56.4 cm³/mol. The fraction of sp³-hybridized carbons (Fsp3) is 0.364. The van der Waals surface area contributed by atoms with E-state index in [1.165, 1.54) is 6.07 Å². The van der Waals surface area contributed by atoms with Crippen molar-refractivity contribution in [2.75, 3.05) is 5.32 Å². The van der Waals surface area contributed by atoms with Crippen LogP contribution in [-0.4, -0.2) is 12.2 Å². The summed E-state index contributed by atoms with van der Waals surface area (Å²) in [5.41, 5.74) is 1.01. The molecule has 3 nitrogen and oxygen atoms in total. The monoisotopic (exact) mass is 211 g/mol. The van der Waals surface area contributed by atoms with Crippen LogP contribution in [0.2, 0.25) is 0 Å². The van der Waals surface area contributed by atoms with Crippen LogP contribution in [0.3, 0.4) is 0 Å². The zero-order chi connectivity index (χ0) is 11.4. The Bertz CT molecular complexity index is 364. The van der Waals surface area contributed by atoms with E-state index in [4.69, 9.17) is 4.74 Å². The summed E-state index contributed by atoms with van der Waals surface area (Å²) in [6.07, 6.45) is -0.868. The molecule has 0 spiro atoms. The number of benzene rings is 1. The Hall–Kier alpha value is -1.58. The summed E-state index contributed by atoms with van der Waals surface area (Å²) in [5.74, 6) is -0.471. The minimum Gasteiger partial charge on any atom is -0.447 e. The molecule has 0 unspecified atom stereocenters. The molecule has 0 aliphatic rings. The number of carbonyl (C=O) groups excluding carboxylic acids is 1. The fourth-order valence-corrected chi connectivity index (χ4v) is 1.09. The molecule has 0 aromatic heterocycles. The maximum absolute atomic E-state index is 13.2. The quantitative estimate of drug-likeness (QED) is 0.816. The molecule has 1 amide bonds. The number of halogens is 1. The summed E-state index contributed by atoms with van der Waals surface area (Å²) >= 11 is 0. The van der Waals surface area contributed by atoms with Gasteiger partial charge in [0.15, 0.2) is 0 Å². The van der Waals surface area contributed by atoms with Crippen molar-refractivity contribution < 1.29 is 13.9 Å². The van der Waals surface area contributed by atoms with E-state index in [1.54, 1.807) is 26.0 Å². The number of hydrogen-bond acceptors (Lipinski definition) is 2. The van der Waals surface area contributed by atoms with Crippen LogP contribution in [-0.2, 0) is 4.74 Å². The van der Waals surface area contributed by atoms with Gasteiger partial charge in [-0.25, -0.2) is 9.18 Å². The highest BCUT2D eigenvalue weighted by atomic mass is 19.1. The minimum absolute atomic E-state index is 0.139. The van der Waals surface area contributed by atoms with Gasteiger partial charge in [0.1, 0.15) is 5.82 Å². The Morgan fingerprint density at radius 1 is 1.47 bits per heavy atom. The average Bonchev–Trinajstić information content (AvgIpc) is 2.10. The smallest absolute Gasteiger partial charge is 0.411 e. The Morgan fingerprint density at radius 3 is 2.73 bits per heavy atom. The number of carbonyl (C=O) groups is 1. The molecule has 82 valence electrons. The summed E-state index contributed by atoms with van der Waals surface area (Å²) in [6.45, 7) is 5.27. The molecule has 0 atom stereocenters. The third-order valence-electron chi connectivity index (χ3n) is 1.70. The van der Waals surface area contributed by atoms with Crippen LogP contribution in [0, 0.1) is 12.7 Å². The van der Waals surface area contributed by atoms with Crippen molar-refractivity contribution >= 4 is 11.8 Å². The van der Waals surface area contributed by atoms with Crippen LogP contribution in [0.4, 0.5) is 14.9 Å². The highest BCUT2D eigenvalue weighted by Crippen LogP contribution is 2.15. The van der Waals surface area contributed by atoms with Gasteiger partial charge in [0.2, 0.25) is 0 Å². The number of nitrogens with one attached hydrogen (secondary N) is 1. The Labute approximate surface area is 88.2 Å². The number of aryl methyl sites for hydroxylation is 1. The third kappa shape index (κ3) is 3.58. The molecule has 1 N–H and O–H groups in total. The van der Waals surface area contributed by atoms with Gasteiger partial charge in [-0.2, -0.15) is 0 Å². The molecule has 1 rings (SSSR count). The summed E-state index contributed by atoms with van der Waals surface area (Å²) < 4.78 is 18.0. The molecule has 15 heavy (non-hydrogen) atoms. The highest BCUT2D eigenvalue weighted by Gasteiger charge is 2.08. The van der Waals surface area contributed by atoms with E-state index in [1.807, 2.05) is 6.92 Å². The summed E-state index contributed by atoms with van der Waals surface area (Å²) in [4.78, 5) is 11.2. The molecule has 0 saturated heterocycles. The Kier molecular flexibility index (Phi) is 3.66. The van der Waals surface area contributed by atoms with Crippen LogP contribution in [0.25, 0.3) is 0 Å². The second kappa shape index (κ2) is 4.77. The normalized spacial score (nSPS) is 10.2. The number of rotatable bonds is 2. The predicted octanol–water partition coefficient (Wildman–Crippen LogP) is 3.09. The molecule has 0 radical (unpaired) electrons. The van der Waals surface area contributed by atoms with E-state index >= 15 is 0 Å². The third-order valence-corrected chi connectivity index (χ3v) is 1.70. The van der Waals surface area contributed by atoms with Gasteiger partial charge in [-0.15, -0.1) is 0 Å². The second-order valence-corrected chi connectivity index (χ2v) is 3.56. The largest absolute Gasteiger partial charge is 0.447 e. The van der Waals surface area contributed by atoms with Crippen molar-refractivity contribution in [2.45, 2.75) is 26.9 Å². The van der Waals surface area contributed by atoms with Crippen molar-refractivity contribution in [1.82, 2.24) is 0 Å². The second-order valence-electron chi connectivity index (χ2n) is 3.56. The number of amides is 1. The lowest BCUT2D eigenvalue weighted by Gasteiger charge is -2.10. The molecular weight excluding hydrogens is 197 g/mol. The van der Waals surface area contributed by atoms with Crippen LogP contribution < -0.4 is 5.32 Å². The van der Waals surface area contributed by atoms with Crippen molar-refractivity contribution in [3.63, 3.8) is 0 Å². The molecule has 0 bridgehead atoms. The van der Waals surface area contributed by atoms with Gasteiger partial charge in [-0.1, -0.05) is 6.07 Å². The zero-order valence-corrected chi connectivity index (χ0v) is 9.00. The van der Waals surface area contributed by atoms with E-state index in [0.717, 1.165) is 5.56 Å². The van der Waals surface area contributed by atoms with Gasteiger partial charge in [0, 0.05) is 0 Å². The highest BCUT2D eigenvalue weighted by molar-refractivity contribution is 5.84. The maximum Gasteiger partial charge on any atom is 0.411 e. The first-order chi connectivity index (χ1) is 6.99. The number of hydrogen-bond donors (Lipinski definition) is 1. The van der Waals surface area contributed by atoms with Gasteiger partial charge >= 0.3 is 6.09 Å². The first-order valence-corrected chi connectivity index (χ1v) is 4.73. The molecule has 4 heteroatoms. The minimum atomic E-state index is -0.644. The van der Waals surface area contributed by atoms with Gasteiger partial charge < -0.3 is 4.74 Å². The summed E-state index contributed by atoms with van der Waals surface area (Å²) in [6, 6.07) is 4.49.